The van der Waals surface area contributed by atoms with Crippen molar-refractivity contribution in [2.45, 2.75) is 32.4 Å². The van der Waals surface area contributed by atoms with Crippen LogP contribution in [0.3, 0.4) is 0 Å². The highest BCUT2D eigenvalue weighted by Gasteiger charge is 2.43. The predicted octanol–water partition coefficient (Wildman–Crippen LogP) is 3.54. The summed E-state index contributed by atoms with van der Waals surface area (Å²) in [7, 11) is 0. The van der Waals surface area contributed by atoms with E-state index in [1.54, 1.807) is 36.0 Å². The van der Waals surface area contributed by atoms with Crippen LogP contribution in [0.15, 0.2) is 53.4 Å². The van der Waals surface area contributed by atoms with Crippen molar-refractivity contribution < 1.29 is 19.4 Å². The fourth-order valence-electron chi connectivity index (χ4n) is 3.09. The lowest BCUT2D eigenvalue weighted by atomic mass is 9.96. The van der Waals surface area contributed by atoms with E-state index in [2.05, 4.69) is 4.98 Å². The molecule has 1 N–H and O–H groups in total. The van der Waals surface area contributed by atoms with Crippen molar-refractivity contribution in [1.82, 2.24) is 9.88 Å². The summed E-state index contributed by atoms with van der Waals surface area (Å²) in [6.07, 6.45) is 3.96. The largest absolute Gasteiger partial charge is 0.503 e. The molecule has 3 rings (SSSR count). The number of aliphatic hydroxyl groups is 1. The van der Waals surface area contributed by atoms with Gasteiger partial charge in [-0.2, -0.15) is 0 Å². The number of amides is 1. The van der Waals surface area contributed by atoms with E-state index in [1.165, 1.54) is 16.2 Å². The fourth-order valence-corrected chi connectivity index (χ4v) is 3.77. The van der Waals surface area contributed by atoms with Gasteiger partial charge in [0.25, 0.3) is 5.91 Å². The summed E-state index contributed by atoms with van der Waals surface area (Å²) >= 11 is 1.28. The quantitative estimate of drug-likeness (QED) is 0.554. The Morgan fingerprint density at radius 3 is 2.81 bits per heavy atom. The molecule has 0 saturated carbocycles. The topological polar surface area (TPSA) is 79.7 Å². The molecule has 0 aromatic carbocycles. The van der Waals surface area contributed by atoms with Crippen LogP contribution in [-0.4, -0.2) is 45.9 Å². The number of carbonyl (C=O) groups excluding carboxylic acids is 2. The van der Waals surface area contributed by atoms with Gasteiger partial charge in [-0.25, -0.2) is 0 Å². The lowest BCUT2D eigenvalue weighted by molar-refractivity contribution is -0.129. The maximum Gasteiger partial charge on any atom is 0.290 e. The molecule has 0 fully saturated rings. The number of pyridine rings is 1. The molecule has 27 heavy (non-hydrogen) atoms. The van der Waals surface area contributed by atoms with Gasteiger partial charge < -0.3 is 14.7 Å². The highest BCUT2D eigenvalue weighted by molar-refractivity contribution is 7.12. The molecule has 0 bridgehead atoms. The van der Waals surface area contributed by atoms with Crippen molar-refractivity contribution in [2.24, 2.45) is 0 Å². The summed E-state index contributed by atoms with van der Waals surface area (Å²) in [6, 6.07) is 6.37. The third-order valence-corrected chi connectivity index (χ3v) is 5.16. The number of hydrogen-bond donors (Lipinski definition) is 1. The molecule has 0 spiro atoms. The summed E-state index contributed by atoms with van der Waals surface area (Å²) in [6.45, 7) is 4.77. The van der Waals surface area contributed by atoms with Gasteiger partial charge in [-0.3, -0.25) is 14.6 Å². The Bertz CT molecular complexity index is 831. The lowest BCUT2D eigenvalue weighted by Crippen LogP contribution is -2.32. The van der Waals surface area contributed by atoms with E-state index < -0.39 is 17.7 Å². The first-order chi connectivity index (χ1) is 13.0. The fraction of sp³-hybridized carbons (Fsp3) is 0.350. The van der Waals surface area contributed by atoms with Gasteiger partial charge in [0.15, 0.2) is 5.76 Å². The summed E-state index contributed by atoms with van der Waals surface area (Å²) < 4.78 is 5.55. The average molecular weight is 386 g/mol. The molecule has 0 unspecified atom stereocenters. The number of thiophene rings is 1. The number of carbonyl (C=O) groups is 2. The van der Waals surface area contributed by atoms with E-state index in [4.69, 9.17) is 4.74 Å². The molecule has 0 aliphatic carbocycles. The van der Waals surface area contributed by atoms with Crippen molar-refractivity contribution in [3.05, 3.63) is 63.8 Å². The van der Waals surface area contributed by atoms with Crippen molar-refractivity contribution in [3.63, 3.8) is 0 Å². The minimum absolute atomic E-state index is 0.107. The Hall–Kier alpha value is -2.51. The van der Waals surface area contributed by atoms with Crippen molar-refractivity contribution >= 4 is 23.0 Å². The number of ether oxygens (including phenoxy) is 1. The highest BCUT2D eigenvalue weighted by Crippen LogP contribution is 2.39. The first-order valence-electron chi connectivity index (χ1n) is 8.84. The van der Waals surface area contributed by atoms with Crippen LogP contribution in [0.4, 0.5) is 0 Å². The van der Waals surface area contributed by atoms with Gasteiger partial charge in [-0.15, -0.1) is 11.3 Å². The Labute approximate surface area is 162 Å². The number of aromatic nitrogens is 1. The average Bonchev–Trinajstić information content (AvgIpc) is 3.28. The number of rotatable bonds is 8. The molecule has 2 aromatic rings. The molecule has 7 heteroatoms. The van der Waals surface area contributed by atoms with Crippen LogP contribution >= 0.6 is 11.3 Å². The first-order valence-corrected chi connectivity index (χ1v) is 9.72. The molecule has 1 aliphatic heterocycles. The second-order valence-electron chi connectivity index (χ2n) is 6.53. The van der Waals surface area contributed by atoms with Crippen molar-refractivity contribution in [2.75, 3.05) is 13.2 Å². The molecular formula is C20H22N2O4S. The zero-order chi connectivity index (χ0) is 19.4. The van der Waals surface area contributed by atoms with Crippen LogP contribution in [0.2, 0.25) is 0 Å². The molecule has 1 atom stereocenters. The zero-order valence-corrected chi connectivity index (χ0v) is 16.1. The van der Waals surface area contributed by atoms with E-state index in [0.717, 1.165) is 0 Å². The van der Waals surface area contributed by atoms with Crippen LogP contribution in [-0.2, 0) is 9.53 Å². The normalized spacial score (nSPS) is 17.2. The second kappa shape index (κ2) is 8.45. The number of aliphatic hydroxyl groups excluding tert-OH is 1. The Morgan fingerprint density at radius 2 is 2.19 bits per heavy atom. The maximum absolute atomic E-state index is 13.0. The summed E-state index contributed by atoms with van der Waals surface area (Å²) in [5, 5.41) is 12.3. The van der Waals surface area contributed by atoms with Crippen LogP contribution in [0.25, 0.3) is 0 Å². The maximum atomic E-state index is 13.0. The number of Topliss-reactive ketones (excluding diaryl/α,β-unsaturated/α-hetero) is 1. The zero-order valence-electron chi connectivity index (χ0n) is 15.3. The molecule has 0 radical (unpaired) electrons. The van der Waals surface area contributed by atoms with Gasteiger partial charge >= 0.3 is 0 Å². The van der Waals surface area contributed by atoms with E-state index in [-0.39, 0.29) is 17.5 Å². The molecule has 1 amide bonds. The van der Waals surface area contributed by atoms with Crippen LogP contribution in [0.1, 0.15) is 41.5 Å². The predicted molar refractivity (Wildman–Crippen MR) is 103 cm³/mol. The monoisotopic (exact) mass is 386 g/mol. The van der Waals surface area contributed by atoms with Gasteiger partial charge in [0.05, 0.1) is 22.6 Å². The first kappa shape index (κ1) is 19.3. The van der Waals surface area contributed by atoms with E-state index in [9.17, 15) is 14.7 Å². The smallest absolute Gasteiger partial charge is 0.290 e. The van der Waals surface area contributed by atoms with Gasteiger partial charge in [0.1, 0.15) is 0 Å². The van der Waals surface area contributed by atoms with Crippen molar-refractivity contribution in [3.8, 4) is 0 Å². The highest BCUT2D eigenvalue weighted by atomic mass is 32.1. The number of hydrogen-bond acceptors (Lipinski definition) is 6. The van der Waals surface area contributed by atoms with E-state index >= 15 is 0 Å². The van der Waals surface area contributed by atoms with Crippen molar-refractivity contribution in [1.29, 1.82) is 0 Å². The van der Waals surface area contributed by atoms with Gasteiger partial charge in [0.2, 0.25) is 5.78 Å². The van der Waals surface area contributed by atoms with E-state index in [0.29, 0.717) is 30.0 Å². The third kappa shape index (κ3) is 4.09. The molecule has 6 nitrogen and oxygen atoms in total. The molecule has 142 valence electrons. The molecule has 1 aliphatic rings. The Balaban J connectivity index is 1.91. The Kier molecular flexibility index (Phi) is 6.03. The summed E-state index contributed by atoms with van der Waals surface area (Å²) in [4.78, 5) is 31.8. The van der Waals surface area contributed by atoms with E-state index in [1.807, 2.05) is 19.9 Å². The molecular weight excluding hydrogens is 364 g/mol. The standard InChI is InChI=1S/C20H22N2O4S/c1-13(2)26-10-5-9-22-17(14-6-3-8-21-12-14)16(19(24)20(22)25)18(23)15-7-4-11-27-15/h3-4,6-8,11-13,17,24H,5,9-10H2,1-2H3/t17-/m0/s1. The SMILES string of the molecule is CC(C)OCCCN1C(=O)C(O)=C(C(=O)c2cccs2)[C@@H]1c1cccnc1. The van der Waals surface area contributed by atoms with Gasteiger partial charge in [0, 0.05) is 25.5 Å². The molecule has 0 saturated heterocycles. The lowest BCUT2D eigenvalue weighted by Gasteiger charge is -2.26. The summed E-state index contributed by atoms with van der Waals surface area (Å²) in [5.41, 5.74) is 0.805. The molecule has 3 heterocycles. The third-order valence-electron chi connectivity index (χ3n) is 4.29. The van der Waals surface area contributed by atoms with Crippen LogP contribution in [0, 0.1) is 0 Å². The number of ketones is 1. The van der Waals surface area contributed by atoms with Crippen LogP contribution in [0.5, 0.6) is 0 Å². The minimum atomic E-state index is -0.653. The number of nitrogens with zero attached hydrogens (tertiary/aromatic N) is 2. The van der Waals surface area contributed by atoms with Gasteiger partial charge in [-0.1, -0.05) is 12.1 Å². The Morgan fingerprint density at radius 1 is 1.37 bits per heavy atom. The minimum Gasteiger partial charge on any atom is -0.503 e. The molecule has 2 aromatic heterocycles. The summed E-state index contributed by atoms with van der Waals surface area (Å²) in [5.74, 6) is -1.34. The second-order valence-corrected chi connectivity index (χ2v) is 7.48. The van der Waals surface area contributed by atoms with Crippen LogP contribution < -0.4 is 0 Å². The van der Waals surface area contributed by atoms with Gasteiger partial charge in [-0.05, 0) is 43.3 Å².